The number of carbonyl (C=O) groups excluding carboxylic acids is 2. The van der Waals surface area contributed by atoms with Crippen molar-refractivity contribution >= 4 is 51.3 Å². The van der Waals surface area contributed by atoms with E-state index < -0.39 is 10.8 Å². The summed E-state index contributed by atoms with van der Waals surface area (Å²) in [4.78, 5) is 38.3. The first kappa shape index (κ1) is 29.0. The molecule has 0 fully saturated rings. The van der Waals surface area contributed by atoms with Gasteiger partial charge in [0.1, 0.15) is 5.82 Å². The summed E-state index contributed by atoms with van der Waals surface area (Å²) >= 11 is 2.35. The van der Waals surface area contributed by atoms with Crippen LogP contribution in [-0.2, 0) is 16.0 Å². The minimum atomic E-state index is -0.553. The average Bonchev–Trinajstić information content (AvgIpc) is 3.45. The number of ketones is 1. The Morgan fingerprint density at radius 2 is 2.02 bits per heavy atom. The number of benzene rings is 2. The van der Waals surface area contributed by atoms with Crippen molar-refractivity contribution in [3.05, 3.63) is 91.9 Å². The quantitative estimate of drug-likeness (QED) is 0.195. The van der Waals surface area contributed by atoms with Crippen LogP contribution in [0.5, 0.6) is 0 Å². The number of nitro benzene ring substituents is 1. The number of aromatic nitrogens is 2. The molecule has 1 atom stereocenters. The molecule has 1 unspecified atom stereocenters. The molecule has 1 aromatic heterocycles. The van der Waals surface area contributed by atoms with Crippen LogP contribution in [0, 0.1) is 28.4 Å². The highest BCUT2D eigenvalue weighted by atomic mass is 32.2. The van der Waals surface area contributed by atoms with Crippen LogP contribution in [-0.4, -0.2) is 32.6 Å². The number of nitro groups is 1. The number of carbonyl (C=O) groups is 2. The molecule has 2 aromatic carbocycles. The van der Waals surface area contributed by atoms with Gasteiger partial charge in [-0.1, -0.05) is 60.4 Å². The molecule has 2 heterocycles. The maximum atomic E-state index is 13.3. The van der Waals surface area contributed by atoms with Gasteiger partial charge in [-0.3, -0.25) is 24.6 Å². The van der Waals surface area contributed by atoms with Gasteiger partial charge in [-0.25, -0.2) is 0 Å². The monoisotopic (exact) mass is 601 g/mol. The number of nitrogens with zero attached hydrogens (tertiary/aromatic N) is 5. The van der Waals surface area contributed by atoms with Crippen LogP contribution in [0.4, 0.5) is 16.5 Å². The van der Waals surface area contributed by atoms with Crippen LogP contribution < -0.4 is 16.0 Å². The van der Waals surface area contributed by atoms with Crippen LogP contribution in [0.2, 0.25) is 0 Å². The Labute approximate surface area is 250 Å². The SMILES string of the molecule is CCc1ccc(C2C(C#N)=C(N)N(c3nnc(SCC(=O)Nc4ccc(C)c([N+](=O)[O-])c4)s3)C3=C2C(=O)CCC3)cc1. The summed E-state index contributed by atoms with van der Waals surface area (Å²) in [7, 11) is 0. The molecular weight excluding hydrogens is 574 g/mol. The lowest BCUT2D eigenvalue weighted by molar-refractivity contribution is -0.385. The van der Waals surface area contributed by atoms with Crippen molar-refractivity contribution in [2.24, 2.45) is 5.73 Å². The van der Waals surface area contributed by atoms with E-state index in [0.29, 0.717) is 45.6 Å². The van der Waals surface area contributed by atoms with Gasteiger partial charge >= 0.3 is 0 Å². The number of allylic oxidation sites excluding steroid dienone is 3. The zero-order chi connectivity index (χ0) is 30.0. The predicted molar refractivity (Wildman–Crippen MR) is 161 cm³/mol. The van der Waals surface area contributed by atoms with Gasteiger partial charge in [0.2, 0.25) is 11.0 Å². The number of hydrogen-bond acceptors (Lipinski definition) is 11. The van der Waals surface area contributed by atoms with E-state index in [2.05, 4.69) is 28.5 Å². The third-order valence-corrected chi connectivity index (χ3v) is 9.28. The molecule has 42 heavy (non-hydrogen) atoms. The van der Waals surface area contributed by atoms with E-state index in [9.17, 15) is 25.0 Å². The van der Waals surface area contributed by atoms with Crippen LogP contribution in [0.1, 0.15) is 48.8 Å². The molecular formula is C29H27N7O4S2. The van der Waals surface area contributed by atoms with E-state index >= 15 is 0 Å². The number of amides is 1. The first-order valence-electron chi connectivity index (χ1n) is 13.3. The molecule has 0 spiro atoms. The summed E-state index contributed by atoms with van der Waals surface area (Å²) in [6, 6.07) is 14.7. The van der Waals surface area contributed by atoms with Gasteiger partial charge in [-0.05, 0) is 43.4 Å². The highest BCUT2D eigenvalue weighted by Crippen LogP contribution is 2.47. The number of Topliss-reactive ketones (excluding diaryl/α,β-unsaturated/α-hetero) is 1. The number of aryl methyl sites for hydroxylation is 2. The van der Waals surface area contributed by atoms with Gasteiger partial charge in [0.25, 0.3) is 5.69 Å². The fraction of sp³-hybridized carbons (Fsp3) is 0.276. The first-order valence-corrected chi connectivity index (χ1v) is 15.1. The molecule has 0 radical (unpaired) electrons. The van der Waals surface area contributed by atoms with E-state index in [1.807, 2.05) is 24.3 Å². The standard InChI is InChI=1S/C29H27N7O4S2/c1-3-17-8-10-18(11-9-17)25-20(14-30)27(31)35(21-5-4-6-23(37)26(21)25)28-33-34-29(42-28)41-15-24(38)32-19-12-7-16(2)22(13-19)36(39)40/h7-13,25H,3-6,15,31H2,1-2H3,(H,32,38). The van der Waals surface area contributed by atoms with E-state index in [1.165, 1.54) is 17.4 Å². The smallest absolute Gasteiger partial charge is 0.274 e. The van der Waals surface area contributed by atoms with Crippen LogP contribution in [0.3, 0.4) is 0 Å². The second-order valence-electron chi connectivity index (χ2n) is 9.86. The fourth-order valence-corrected chi connectivity index (χ4v) is 6.82. The average molecular weight is 602 g/mol. The highest BCUT2D eigenvalue weighted by molar-refractivity contribution is 8.01. The molecule has 0 saturated carbocycles. The van der Waals surface area contributed by atoms with Crippen molar-refractivity contribution in [3.8, 4) is 6.07 Å². The third-order valence-electron chi connectivity index (χ3n) is 7.24. The normalized spacial score (nSPS) is 16.7. The predicted octanol–water partition coefficient (Wildman–Crippen LogP) is 5.35. The molecule has 214 valence electrons. The lowest BCUT2D eigenvalue weighted by atomic mass is 9.75. The molecule has 3 N–H and O–H groups in total. The number of nitriles is 1. The van der Waals surface area contributed by atoms with Crippen molar-refractivity contribution in [2.45, 2.75) is 49.8 Å². The summed E-state index contributed by atoms with van der Waals surface area (Å²) in [5.41, 5.74) is 10.9. The lowest BCUT2D eigenvalue weighted by Gasteiger charge is -2.38. The van der Waals surface area contributed by atoms with Crippen molar-refractivity contribution < 1.29 is 14.5 Å². The summed E-state index contributed by atoms with van der Waals surface area (Å²) in [5, 5.41) is 33.0. The van der Waals surface area contributed by atoms with Crippen molar-refractivity contribution in [1.29, 1.82) is 5.26 Å². The maximum Gasteiger partial charge on any atom is 0.274 e. The van der Waals surface area contributed by atoms with Gasteiger partial charge in [-0.2, -0.15) is 5.26 Å². The molecule has 11 nitrogen and oxygen atoms in total. The molecule has 0 bridgehead atoms. The van der Waals surface area contributed by atoms with Gasteiger partial charge < -0.3 is 11.1 Å². The summed E-state index contributed by atoms with van der Waals surface area (Å²) in [6.07, 6.45) is 2.52. The van der Waals surface area contributed by atoms with Crippen LogP contribution in [0.15, 0.2) is 69.5 Å². The van der Waals surface area contributed by atoms with E-state index in [4.69, 9.17) is 5.73 Å². The summed E-state index contributed by atoms with van der Waals surface area (Å²) in [6.45, 7) is 3.69. The number of nitrogens with two attached hydrogens (primary N) is 1. The zero-order valence-electron chi connectivity index (χ0n) is 22.9. The Bertz CT molecular complexity index is 1690. The van der Waals surface area contributed by atoms with Crippen molar-refractivity contribution in [3.63, 3.8) is 0 Å². The Morgan fingerprint density at radius 1 is 1.26 bits per heavy atom. The fourth-order valence-electron chi connectivity index (χ4n) is 5.14. The molecule has 3 aromatic rings. The van der Waals surface area contributed by atoms with E-state index in [-0.39, 0.29) is 34.5 Å². The summed E-state index contributed by atoms with van der Waals surface area (Å²) < 4.78 is 0.489. The number of hydrogen-bond donors (Lipinski definition) is 2. The highest BCUT2D eigenvalue weighted by Gasteiger charge is 2.41. The topological polar surface area (TPSA) is 168 Å². The van der Waals surface area contributed by atoms with Gasteiger partial charge in [0.05, 0.1) is 28.2 Å². The Kier molecular flexibility index (Phi) is 8.37. The maximum absolute atomic E-state index is 13.3. The largest absolute Gasteiger partial charge is 0.384 e. The number of anilines is 2. The van der Waals surface area contributed by atoms with Crippen molar-refractivity contribution in [2.75, 3.05) is 16.0 Å². The molecule has 1 aliphatic carbocycles. The second kappa shape index (κ2) is 12.1. The van der Waals surface area contributed by atoms with Crippen LogP contribution in [0.25, 0.3) is 0 Å². The van der Waals surface area contributed by atoms with E-state index in [0.717, 1.165) is 35.0 Å². The van der Waals surface area contributed by atoms with Gasteiger partial charge in [0, 0.05) is 35.0 Å². The molecule has 1 amide bonds. The third kappa shape index (κ3) is 5.63. The minimum absolute atomic E-state index is 0.00661. The molecule has 0 saturated heterocycles. The van der Waals surface area contributed by atoms with Gasteiger partial charge in [0.15, 0.2) is 10.1 Å². The number of thioether (sulfide) groups is 1. The molecule has 2 aliphatic rings. The zero-order valence-corrected chi connectivity index (χ0v) is 24.6. The van der Waals surface area contributed by atoms with Crippen LogP contribution >= 0.6 is 23.1 Å². The Balaban J connectivity index is 1.38. The lowest BCUT2D eigenvalue weighted by Crippen LogP contribution is -2.38. The Morgan fingerprint density at radius 3 is 2.71 bits per heavy atom. The molecule has 1 aliphatic heterocycles. The molecule has 13 heteroatoms. The number of nitrogens with one attached hydrogen (secondary N) is 1. The van der Waals surface area contributed by atoms with Gasteiger partial charge in [-0.15, -0.1) is 10.2 Å². The van der Waals surface area contributed by atoms with Crippen molar-refractivity contribution in [1.82, 2.24) is 10.2 Å². The molecule has 5 rings (SSSR count). The summed E-state index contributed by atoms with van der Waals surface area (Å²) in [5.74, 6) is -0.727. The second-order valence-corrected chi connectivity index (χ2v) is 12.0. The number of rotatable bonds is 8. The Hall–Kier alpha value is -4.54. The van der Waals surface area contributed by atoms with E-state index in [1.54, 1.807) is 24.0 Å². The first-order chi connectivity index (χ1) is 20.2. The minimum Gasteiger partial charge on any atom is -0.384 e.